The average Bonchev–Trinajstić information content (AvgIpc) is 2.05. The van der Waals surface area contributed by atoms with E-state index in [2.05, 4.69) is 16.8 Å². The molecule has 0 unspecified atom stereocenters. The van der Waals surface area contributed by atoms with Crippen LogP contribution < -0.4 is 0 Å². The Morgan fingerprint density at radius 3 is 3.08 bits per heavy atom. The largest absolute Gasteiger partial charge is 0.302 e. The van der Waals surface area contributed by atoms with Crippen LogP contribution in [0.15, 0.2) is 18.5 Å². The van der Waals surface area contributed by atoms with Gasteiger partial charge in [-0.25, -0.2) is 0 Å². The van der Waals surface area contributed by atoms with Crippen LogP contribution in [-0.4, -0.2) is 11.3 Å². The van der Waals surface area contributed by atoms with Crippen LogP contribution in [0.1, 0.15) is 17.5 Å². The minimum absolute atomic E-state index is 0.286. The van der Waals surface area contributed by atoms with E-state index in [1.54, 1.807) is 12.4 Å². The molecule has 0 N–H and O–H groups in total. The summed E-state index contributed by atoms with van der Waals surface area (Å²) in [6.07, 6.45) is 4.53. The van der Waals surface area contributed by atoms with Gasteiger partial charge in [-0.3, -0.25) is 4.98 Å². The zero-order valence-corrected chi connectivity index (χ0v) is 6.87. The van der Waals surface area contributed by atoms with Crippen molar-refractivity contribution in [2.45, 2.75) is 13.3 Å². The Morgan fingerprint density at radius 2 is 2.42 bits per heavy atom. The first-order chi connectivity index (χ1) is 5.83. The standard InChI is InChI=1S/C10H9NO/c1-9-6-10(8-11-7-9)4-2-3-5-12/h5-8H,3H2,1H3. The average molecular weight is 159 g/mol. The van der Waals surface area contributed by atoms with Crippen LogP contribution in [0.2, 0.25) is 0 Å². The maximum absolute atomic E-state index is 9.94. The van der Waals surface area contributed by atoms with E-state index in [-0.39, 0.29) is 6.42 Å². The molecule has 0 spiro atoms. The fraction of sp³-hybridized carbons (Fsp3) is 0.200. The van der Waals surface area contributed by atoms with Crippen molar-refractivity contribution in [1.82, 2.24) is 4.98 Å². The van der Waals surface area contributed by atoms with Gasteiger partial charge in [0.05, 0.1) is 6.42 Å². The molecular formula is C10H9NO. The number of aldehydes is 1. The van der Waals surface area contributed by atoms with Gasteiger partial charge in [-0.2, -0.15) is 0 Å². The second-order valence-corrected chi connectivity index (χ2v) is 2.42. The smallest absolute Gasteiger partial charge is 0.131 e. The highest BCUT2D eigenvalue weighted by Crippen LogP contribution is 1.98. The van der Waals surface area contributed by atoms with Gasteiger partial charge in [-0.1, -0.05) is 11.8 Å². The van der Waals surface area contributed by atoms with Crippen LogP contribution in [0.4, 0.5) is 0 Å². The lowest BCUT2D eigenvalue weighted by Crippen LogP contribution is -1.80. The molecule has 0 aliphatic carbocycles. The monoisotopic (exact) mass is 159 g/mol. The Labute approximate surface area is 71.6 Å². The fourth-order valence-electron chi connectivity index (χ4n) is 0.818. The van der Waals surface area contributed by atoms with Gasteiger partial charge in [-0.05, 0) is 18.6 Å². The molecule has 0 fully saturated rings. The lowest BCUT2D eigenvalue weighted by Gasteiger charge is -1.90. The fourth-order valence-corrected chi connectivity index (χ4v) is 0.818. The molecule has 0 amide bonds. The van der Waals surface area contributed by atoms with Crippen molar-refractivity contribution < 1.29 is 4.79 Å². The number of aryl methyl sites for hydroxylation is 1. The molecule has 2 heteroatoms. The zero-order chi connectivity index (χ0) is 8.81. The van der Waals surface area contributed by atoms with Gasteiger partial charge < -0.3 is 4.79 Å². The van der Waals surface area contributed by atoms with Gasteiger partial charge in [0.2, 0.25) is 0 Å². The van der Waals surface area contributed by atoms with E-state index >= 15 is 0 Å². The molecule has 1 aromatic heterocycles. The lowest BCUT2D eigenvalue weighted by molar-refractivity contribution is -0.107. The Bertz CT molecular complexity index is 333. The molecule has 60 valence electrons. The van der Waals surface area contributed by atoms with Gasteiger partial charge in [0, 0.05) is 18.0 Å². The van der Waals surface area contributed by atoms with Crippen LogP contribution in [0, 0.1) is 18.8 Å². The Hall–Kier alpha value is -1.62. The van der Waals surface area contributed by atoms with Crippen LogP contribution in [0.3, 0.4) is 0 Å². The van der Waals surface area contributed by atoms with Crippen molar-refractivity contribution in [3.63, 3.8) is 0 Å². The van der Waals surface area contributed by atoms with Gasteiger partial charge >= 0.3 is 0 Å². The predicted octanol–water partition coefficient (Wildman–Crippen LogP) is 1.33. The topological polar surface area (TPSA) is 30.0 Å². The minimum atomic E-state index is 0.286. The predicted molar refractivity (Wildman–Crippen MR) is 46.5 cm³/mol. The highest BCUT2D eigenvalue weighted by Gasteiger charge is 1.86. The number of rotatable bonds is 1. The number of carbonyl (C=O) groups is 1. The molecule has 0 bridgehead atoms. The molecule has 2 nitrogen and oxygen atoms in total. The molecule has 1 heterocycles. The molecule has 0 aliphatic rings. The van der Waals surface area contributed by atoms with Crippen LogP contribution in [-0.2, 0) is 4.79 Å². The van der Waals surface area contributed by atoms with Gasteiger partial charge in [0.15, 0.2) is 0 Å². The maximum atomic E-state index is 9.94. The number of carbonyl (C=O) groups excluding carboxylic acids is 1. The van der Waals surface area contributed by atoms with E-state index in [0.717, 1.165) is 17.4 Å². The molecule has 0 aromatic carbocycles. The number of aromatic nitrogens is 1. The molecule has 0 atom stereocenters. The summed E-state index contributed by atoms with van der Waals surface area (Å²) >= 11 is 0. The van der Waals surface area contributed by atoms with Crippen LogP contribution >= 0.6 is 0 Å². The van der Waals surface area contributed by atoms with Crippen LogP contribution in [0.5, 0.6) is 0 Å². The van der Waals surface area contributed by atoms with Crippen LogP contribution in [0.25, 0.3) is 0 Å². The summed E-state index contributed by atoms with van der Waals surface area (Å²) in [5, 5.41) is 0. The molecule has 12 heavy (non-hydrogen) atoms. The van der Waals surface area contributed by atoms with E-state index in [1.165, 1.54) is 0 Å². The quantitative estimate of drug-likeness (QED) is 0.457. The van der Waals surface area contributed by atoms with Gasteiger partial charge in [-0.15, -0.1) is 0 Å². The Kier molecular flexibility index (Phi) is 3.04. The second-order valence-electron chi connectivity index (χ2n) is 2.42. The Morgan fingerprint density at radius 1 is 1.58 bits per heavy atom. The molecular weight excluding hydrogens is 150 g/mol. The first-order valence-electron chi connectivity index (χ1n) is 3.67. The van der Waals surface area contributed by atoms with Gasteiger partial charge in [0.1, 0.15) is 6.29 Å². The van der Waals surface area contributed by atoms with Crippen molar-refractivity contribution in [2.24, 2.45) is 0 Å². The summed E-state index contributed by atoms with van der Waals surface area (Å²) in [7, 11) is 0. The van der Waals surface area contributed by atoms with E-state index < -0.39 is 0 Å². The molecule has 0 saturated carbocycles. The number of hydrogen-bond donors (Lipinski definition) is 0. The normalized spacial score (nSPS) is 8.42. The van der Waals surface area contributed by atoms with Crippen molar-refractivity contribution in [3.8, 4) is 11.8 Å². The molecule has 0 saturated heterocycles. The van der Waals surface area contributed by atoms with Crippen molar-refractivity contribution in [1.29, 1.82) is 0 Å². The van der Waals surface area contributed by atoms with Gasteiger partial charge in [0.25, 0.3) is 0 Å². The summed E-state index contributed by atoms with van der Waals surface area (Å²) in [6, 6.07) is 1.94. The van der Waals surface area contributed by atoms with Crippen molar-refractivity contribution in [3.05, 3.63) is 29.6 Å². The first kappa shape index (κ1) is 8.48. The third kappa shape index (κ3) is 2.55. The highest BCUT2D eigenvalue weighted by molar-refractivity contribution is 5.54. The molecule has 1 aromatic rings. The maximum Gasteiger partial charge on any atom is 0.131 e. The second kappa shape index (κ2) is 4.30. The molecule has 0 radical (unpaired) electrons. The van der Waals surface area contributed by atoms with E-state index in [4.69, 9.17) is 0 Å². The first-order valence-corrected chi connectivity index (χ1v) is 3.67. The number of hydrogen-bond acceptors (Lipinski definition) is 2. The van der Waals surface area contributed by atoms with E-state index in [0.29, 0.717) is 0 Å². The third-order valence-corrected chi connectivity index (χ3v) is 1.29. The SMILES string of the molecule is Cc1cncc(C#CCC=O)c1. The zero-order valence-electron chi connectivity index (χ0n) is 6.87. The highest BCUT2D eigenvalue weighted by atomic mass is 16.1. The van der Waals surface area contributed by atoms with E-state index in [9.17, 15) is 4.79 Å². The number of pyridine rings is 1. The summed E-state index contributed by atoms with van der Waals surface area (Å²) in [5.74, 6) is 5.56. The minimum Gasteiger partial charge on any atom is -0.302 e. The third-order valence-electron chi connectivity index (χ3n) is 1.29. The summed E-state index contributed by atoms with van der Waals surface area (Å²) in [5.41, 5.74) is 1.93. The summed E-state index contributed by atoms with van der Waals surface area (Å²) in [6.45, 7) is 1.96. The molecule has 0 aliphatic heterocycles. The summed E-state index contributed by atoms with van der Waals surface area (Å²) < 4.78 is 0. The van der Waals surface area contributed by atoms with Crippen molar-refractivity contribution >= 4 is 6.29 Å². The summed E-state index contributed by atoms with van der Waals surface area (Å²) in [4.78, 5) is 13.9. The Balaban J connectivity index is 2.77. The number of nitrogens with zero attached hydrogens (tertiary/aromatic N) is 1. The lowest BCUT2D eigenvalue weighted by atomic mass is 10.2. The molecule has 1 rings (SSSR count). The van der Waals surface area contributed by atoms with Crippen molar-refractivity contribution in [2.75, 3.05) is 0 Å². The van der Waals surface area contributed by atoms with E-state index in [1.807, 2.05) is 13.0 Å².